The number of carboxylic acid groups (broad SMARTS) is 1. The zero-order valence-electron chi connectivity index (χ0n) is 14.3. The Morgan fingerprint density at radius 3 is 2.50 bits per heavy atom. The Bertz CT molecular complexity index is 609. The van der Waals surface area contributed by atoms with Crippen LogP contribution in [0.3, 0.4) is 0 Å². The zero-order chi connectivity index (χ0) is 18.0. The SMILES string of the molecule is CC(C)(C)O[C@@]1(C(=O)O)CCCN1C(=O)CNc1ccc(N)cc1. The van der Waals surface area contributed by atoms with Crippen LogP contribution in [-0.4, -0.2) is 46.3 Å². The molecule has 1 atom stereocenters. The number of aliphatic carboxylic acids is 1. The third-order valence-corrected chi connectivity index (χ3v) is 3.80. The van der Waals surface area contributed by atoms with Crippen molar-refractivity contribution in [2.45, 2.75) is 44.9 Å². The maximum absolute atomic E-state index is 12.6. The first kappa shape index (κ1) is 18.1. The number of carboxylic acids is 1. The van der Waals surface area contributed by atoms with Crippen LogP contribution in [-0.2, 0) is 14.3 Å². The maximum atomic E-state index is 12.6. The summed E-state index contributed by atoms with van der Waals surface area (Å²) in [5.74, 6) is -1.44. The Labute approximate surface area is 141 Å². The van der Waals surface area contributed by atoms with E-state index in [9.17, 15) is 14.7 Å². The molecule has 1 amide bonds. The minimum absolute atomic E-state index is 0.00749. The van der Waals surface area contributed by atoms with Crippen molar-refractivity contribution in [1.82, 2.24) is 4.90 Å². The number of nitrogens with one attached hydrogen (secondary N) is 1. The number of likely N-dealkylation sites (tertiary alicyclic amines) is 1. The molecule has 7 heteroatoms. The van der Waals surface area contributed by atoms with Crippen LogP contribution in [0.5, 0.6) is 0 Å². The molecule has 1 aliphatic heterocycles. The molecule has 0 saturated carbocycles. The first-order valence-corrected chi connectivity index (χ1v) is 7.97. The van der Waals surface area contributed by atoms with Crippen LogP contribution in [0.4, 0.5) is 11.4 Å². The number of ether oxygens (including phenoxy) is 1. The van der Waals surface area contributed by atoms with E-state index >= 15 is 0 Å². The third kappa shape index (κ3) is 3.97. The van der Waals surface area contributed by atoms with Gasteiger partial charge in [0.05, 0.1) is 12.1 Å². The third-order valence-electron chi connectivity index (χ3n) is 3.80. The molecule has 1 heterocycles. The van der Waals surface area contributed by atoms with Gasteiger partial charge in [0, 0.05) is 24.3 Å². The summed E-state index contributed by atoms with van der Waals surface area (Å²) in [6, 6.07) is 6.99. The molecule has 1 aromatic rings. The predicted octanol–water partition coefficient (Wildman–Crippen LogP) is 1.90. The van der Waals surface area contributed by atoms with Crippen molar-refractivity contribution < 1.29 is 19.4 Å². The van der Waals surface area contributed by atoms with Gasteiger partial charge in [-0.2, -0.15) is 0 Å². The van der Waals surface area contributed by atoms with Gasteiger partial charge < -0.3 is 25.8 Å². The van der Waals surface area contributed by atoms with Gasteiger partial charge in [-0.25, -0.2) is 4.79 Å². The van der Waals surface area contributed by atoms with Gasteiger partial charge in [0.25, 0.3) is 0 Å². The molecule has 24 heavy (non-hydrogen) atoms. The van der Waals surface area contributed by atoms with Crippen molar-refractivity contribution in [3.8, 4) is 0 Å². The lowest BCUT2D eigenvalue weighted by Gasteiger charge is -2.39. The minimum Gasteiger partial charge on any atom is -0.478 e. The molecule has 0 aromatic heterocycles. The summed E-state index contributed by atoms with van der Waals surface area (Å²) in [5, 5.41) is 12.7. The molecular weight excluding hydrogens is 310 g/mol. The number of anilines is 2. The molecule has 1 saturated heterocycles. The highest BCUT2D eigenvalue weighted by atomic mass is 16.6. The number of amides is 1. The Balaban J connectivity index is 2.11. The van der Waals surface area contributed by atoms with Gasteiger partial charge in [0.1, 0.15) is 0 Å². The van der Waals surface area contributed by atoms with E-state index in [4.69, 9.17) is 10.5 Å². The zero-order valence-corrected chi connectivity index (χ0v) is 14.3. The van der Waals surface area contributed by atoms with E-state index in [1.807, 2.05) is 0 Å². The van der Waals surface area contributed by atoms with Gasteiger partial charge in [0.15, 0.2) is 0 Å². The second kappa shape index (κ2) is 6.68. The van der Waals surface area contributed by atoms with Gasteiger partial charge in [-0.3, -0.25) is 4.79 Å². The monoisotopic (exact) mass is 335 g/mol. The van der Waals surface area contributed by atoms with E-state index in [0.29, 0.717) is 18.7 Å². The standard InChI is InChI=1S/C17H25N3O4/c1-16(2,3)24-17(15(22)23)9-4-10-20(17)14(21)11-19-13-7-5-12(18)6-8-13/h5-8,19H,4,9-11,18H2,1-3H3,(H,22,23)/t17-/m1/s1. The summed E-state index contributed by atoms with van der Waals surface area (Å²) < 4.78 is 5.81. The second-order valence-electron chi connectivity index (χ2n) is 6.93. The van der Waals surface area contributed by atoms with E-state index in [-0.39, 0.29) is 18.9 Å². The molecule has 0 spiro atoms. The summed E-state index contributed by atoms with van der Waals surface area (Å²) in [4.78, 5) is 25.8. The number of carbonyl (C=O) groups is 2. The van der Waals surface area contributed by atoms with Crippen LogP contribution in [0.1, 0.15) is 33.6 Å². The van der Waals surface area contributed by atoms with Crippen LogP contribution >= 0.6 is 0 Å². The van der Waals surface area contributed by atoms with Crippen molar-refractivity contribution in [1.29, 1.82) is 0 Å². The molecule has 7 nitrogen and oxygen atoms in total. The molecule has 0 bridgehead atoms. The van der Waals surface area contributed by atoms with Crippen LogP contribution < -0.4 is 11.1 Å². The van der Waals surface area contributed by atoms with Crippen LogP contribution in [0.25, 0.3) is 0 Å². The summed E-state index contributed by atoms with van der Waals surface area (Å²) in [5.41, 5.74) is 4.73. The molecule has 0 radical (unpaired) electrons. The Kier molecular flexibility index (Phi) is 5.03. The summed E-state index contributed by atoms with van der Waals surface area (Å²) in [6.07, 6.45) is 0.878. The lowest BCUT2D eigenvalue weighted by Crippen LogP contribution is -2.58. The average Bonchev–Trinajstić information content (AvgIpc) is 2.89. The molecule has 1 aromatic carbocycles. The van der Waals surface area contributed by atoms with Gasteiger partial charge in [-0.05, 0) is 51.5 Å². The lowest BCUT2D eigenvalue weighted by atomic mass is 10.1. The number of nitrogens with two attached hydrogens (primary N) is 1. The van der Waals surface area contributed by atoms with Crippen LogP contribution in [0, 0.1) is 0 Å². The van der Waals surface area contributed by atoms with Crippen molar-refractivity contribution in [2.24, 2.45) is 0 Å². The molecule has 4 N–H and O–H groups in total. The fraction of sp³-hybridized carbons (Fsp3) is 0.529. The van der Waals surface area contributed by atoms with Crippen molar-refractivity contribution in [3.63, 3.8) is 0 Å². The Morgan fingerprint density at radius 1 is 1.33 bits per heavy atom. The predicted molar refractivity (Wildman–Crippen MR) is 91.5 cm³/mol. The fourth-order valence-electron chi connectivity index (χ4n) is 2.87. The highest BCUT2D eigenvalue weighted by Gasteiger charge is 2.53. The van der Waals surface area contributed by atoms with E-state index in [1.165, 1.54) is 4.90 Å². The fourth-order valence-corrected chi connectivity index (χ4v) is 2.87. The number of hydrogen-bond donors (Lipinski definition) is 3. The van der Waals surface area contributed by atoms with Gasteiger partial charge in [-0.1, -0.05) is 0 Å². The molecule has 132 valence electrons. The Hall–Kier alpha value is -2.28. The number of benzene rings is 1. The van der Waals surface area contributed by atoms with E-state index in [0.717, 1.165) is 5.69 Å². The van der Waals surface area contributed by atoms with E-state index in [2.05, 4.69) is 5.32 Å². The van der Waals surface area contributed by atoms with Crippen molar-refractivity contribution in [2.75, 3.05) is 24.1 Å². The summed E-state index contributed by atoms with van der Waals surface area (Å²) in [6.45, 7) is 5.71. The van der Waals surface area contributed by atoms with E-state index < -0.39 is 17.3 Å². The minimum atomic E-state index is -1.60. The number of carbonyl (C=O) groups excluding carboxylic acids is 1. The van der Waals surface area contributed by atoms with Gasteiger partial charge >= 0.3 is 5.97 Å². The summed E-state index contributed by atoms with van der Waals surface area (Å²) in [7, 11) is 0. The van der Waals surface area contributed by atoms with Crippen LogP contribution in [0.2, 0.25) is 0 Å². The molecule has 0 unspecified atom stereocenters. The van der Waals surface area contributed by atoms with Crippen molar-refractivity contribution in [3.05, 3.63) is 24.3 Å². The number of hydrogen-bond acceptors (Lipinski definition) is 5. The highest BCUT2D eigenvalue weighted by molar-refractivity contribution is 5.88. The van der Waals surface area contributed by atoms with Gasteiger partial charge in [0.2, 0.25) is 11.6 Å². The Morgan fingerprint density at radius 2 is 1.96 bits per heavy atom. The number of nitrogens with zero attached hydrogens (tertiary/aromatic N) is 1. The average molecular weight is 335 g/mol. The molecule has 1 fully saturated rings. The lowest BCUT2D eigenvalue weighted by molar-refractivity contribution is -0.217. The van der Waals surface area contributed by atoms with E-state index in [1.54, 1.807) is 45.0 Å². The molecule has 1 aliphatic rings. The van der Waals surface area contributed by atoms with Crippen molar-refractivity contribution >= 4 is 23.3 Å². The smallest absolute Gasteiger partial charge is 0.357 e. The second-order valence-corrected chi connectivity index (χ2v) is 6.93. The maximum Gasteiger partial charge on any atom is 0.357 e. The van der Waals surface area contributed by atoms with Crippen LogP contribution in [0.15, 0.2) is 24.3 Å². The normalized spacial score (nSPS) is 20.9. The first-order chi connectivity index (χ1) is 11.1. The molecule has 2 rings (SSSR count). The number of rotatable bonds is 5. The number of nitrogen functional groups attached to an aromatic ring is 1. The largest absolute Gasteiger partial charge is 0.478 e. The highest BCUT2D eigenvalue weighted by Crippen LogP contribution is 2.35. The molecular formula is C17H25N3O4. The quantitative estimate of drug-likeness (QED) is 0.710. The van der Waals surface area contributed by atoms with Gasteiger partial charge in [-0.15, -0.1) is 0 Å². The topological polar surface area (TPSA) is 105 Å². The molecule has 0 aliphatic carbocycles. The first-order valence-electron chi connectivity index (χ1n) is 7.97. The summed E-state index contributed by atoms with van der Waals surface area (Å²) >= 11 is 0.